The van der Waals surface area contributed by atoms with Gasteiger partial charge in [0.15, 0.2) is 0 Å². The summed E-state index contributed by atoms with van der Waals surface area (Å²) in [5.74, 6) is -0.386. The number of rotatable bonds is 3. The van der Waals surface area contributed by atoms with Crippen LogP contribution >= 0.6 is 0 Å². The Morgan fingerprint density at radius 3 is 2.47 bits per heavy atom. The van der Waals surface area contributed by atoms with Gasteiger partial charge in [-0.3, -0.25) is 14.3 Å². The van der Waals surface area contributed by atoms with E-state index in [-0.39, 0.29) is 23.9 Å². The smallest absolute Gasteiger partial charge is 0.331 e. The zero-order valence-electron chi connectivity index (χ0n) is 10.6. The average Bonchev–Trinajstić information content (AvgIpc) is 2.14. The first-order valence-electron chi connectivity index (χ1n) is 5.54. The van der Waals surface area contributed by atoms with Gasteiger partial charge in [0.05, 0.1) is 5.56 Å². The summed E-state index contributed by atoms with van der Waals surface area (Å²) in [4.78, 5) is 25.3. The number of nitrogens with one attached hydrogen (secondary N) is 1. The molecular weight excluding hydrogens is 220 g/mol. The number of H-pyrrole nitrogens is 1. The van der Waals surface area contributed by atoms with Gasteiger partial charge in [0.2, 0.25) is 5.88 Å². The second-order valence-corrected chi connectivity index (χ2v) is 4.54. The van der Waals surface area contributed by atoms with E-state index in [9.17, 15) is 14.7 Å². The fourth-order valence-corrected chi connectivity index (χ4v) is 1.54. The normalized spacial score (nSPS) is 10.6. The van der Waals surface area contributed by atoms with Gasteiger partial charge in [-0.05, 0) is 19.8 Å². The van der Waals surface area contributed by atoms with E-state index in [2.05, 4.69) is 4.98 Å². The van der Waals surface area contributed by atoms with Gasteiger partial charge in [-0.2, -0.15) is 0 Å². The van der Waals surface area contributed by atoms with E-state index in [0.717, 1.165) is 10.1 Å². The van der Waals surface area contributed by atoms with E-state index in [1.807, 2.05) is 19.9 Å². The van der Waals surface area contributed by atoms with Crippen LogP contribution in [0.15, 0.2) is 21.2 Å². The maximum absolute atomic E-state index is 11.6. The van der Waals surface area contributed by atoms with Crippen molar-refractivity contribution in [3.63, 3.8) is 0 Å². The van der Waals surface area contributed by atoms with Crippen LogP contribution in [-0.4, -0.2) is 14.7 Å². The SMILES string of the molecule is CC(C)=CCn1c(O)c(C(C)C)c(=O)[nH]c1=O. The molecule has 0 aromatic carbocycles. The van der Waals surface area contributed by atoms with E-state index >= 15 is 0 Å². The summed E-state index contributed by atoms with van der Waals surface area (Å²) >= 11 is 0. The van der Waals surface area contributed by atoms with Crippen molar-refractivity contribution in [2.45, 2.75) is 40.2 Å². The highest BCUT2D eigenvalue weighted by Gasteiger charge is 2.15. The van der Waals surface area contributed by atoms with Gasteiger partial charge < -0.3 is 5.11 Å². The van der Waals surface area contributed by atoms with Gasteiger partial charge in [-0.15, -0.1) is 0 Å². The molecule has 5 nitrogen and oxygen atoms in total. The molecule has 1 heterocycles. The second kappa shape index (κ2) is 5.03. The predicted molar refractivity (Wildman–Crippen MR) is 66.5 cm³/mol. The molecule has 17 heavy (non-hydrogen) atoms. The van der Waals surface area contributed by atoms with Gasteiger partial charge in [-0.25, -0.2) is 4.79 Å². The van der Waals surface area contributed by atoms with Crippen molar-refractivity contribution in [2.75, 3.05) is 0 Å². The van der Waals surface area contributed by atoms with Gasteiger partial charge in [0.25, 0.3) is 5.56 Å². The average molecular weight is 238 g/mol. The molecule has 0 saturated heterocycles. The van der Waals surface area contributed by atoms with Crippen LogP contribution in [0.25, 0.3) is 0 Å². The van der Waals surface area contributed by atoms with Crippen molar-refractivity contribution in [3.8, 4) is 5.88 Å². The fourth-order valence-electron chi connectivity index (χ4n) is 1.54. The first-order chi connectivity index (χ1) is 7.84. The summed E-state index contributed by atoms with van der Waals surface area (Å²) in [6.45, 7) is 7.64. The Bertz CT molecular complexity index is 546. The van der Waals surface area contributed by atoms with E-state index in [0.29, 0.717) is 0 Å². The van der Waals surface area contributed by atoms with Crippen LogP contribution in [0.5, 0.6) is 5.88 Å². The lowest BCUT2D eigenvalue weighted by Crippen LogP contribution is -2.32. The number of aromatic nitrogens is 2. The molecule has 1 aromatic heterocycles. The van der Waals surface area contributed by atoms with Crippen molar-refractivity contribution in [2.24, 2.45) is 0 Å². The molecule has 2 N–H and O–H groups in total. The number of hydrogen-bond donors (Lipinski definition) is 2. The largest absolute Gasteiger partial charge is 0.494 e. The van der Waals surface area contributed by atoms with Gasteiger partial charge in [-0.1, -0.05) is 25.5 Å². The van der Waals surface area contributed by atoms with Crippen molar-refractivity contribution < 1.29 is 5.11 Å². The van der Waals surface area contributed by atoms with Crippen LogP contribution in [0.3, 0.4) is 0 Å². The maximum Gasteiger partial charge on any atom is 0.331 e. The summed E-state index contributed by atoms with van der Waals surface area (Å²) in [5.41, 5.74) is 0.172. The first kappa shape index (κ1) is 13.3. The molecule has 0 aliphatic heterocycles. The second-order valence-electron chi connectivity index (χ2n) is 4.54. The van der Waals surface area contributed by atoms with Crippen molar-refractivity contribution in [1.82, 2.24) is 9.55 Å². The molecule has 0 spiro atoms. The Hall–Kier alpha value is -1.78. The maximum atomic E-state index is 11.6. The predicted octanol–water partition coefficient (Wildman–Crippen LogP) is 1.33. The van der Waals surface area contributed by atoms with Crippen LogP contribution in [0.2, 0.25) is 0 Å². The fraction of sp³-hybridized carbons (Fsp3) is 0.500. The molecule has 0 aliphatic carbocycles. The Morgan fingerprint density at radius 2 is 2.00 bits per heavy atom. The van der Waals surface area contributed by atoms with Gasteiger partial charge in [0, 0.05) is 6.54 Å². The minimum absolute atomic E-state index is 0.141. The molecule has 0 unspecified atom stereocenters. The number of allylic oxidation sites excluding steroid dienone is 2. The molecule has 0 amide bonds. The standard InChI is InChI=1S/C12H18N2O3/c1-7(2)5-6-14-11(16)9(8(3)4)10(15)13-12(14)17/h5,8,16H,6H2,1-4H3,(H,13,15,17). The Morgan fingerprint density at radius 1 is 1.41 bits per heavy atom. The van der Waals surface area contributed by atoms with Crippen LogP contribution in [0.4, 0.5) is 0 Å². The van der Waals surface area contributed by atoms with Gasteiger partial charge >= 0.3 is 5.69 Å². The Kier molecular flexibility index (Phi) is 3.93. The highest BCUT2D eigenvalue weighted by Crippen LogP contribution is 2.19. The minimum Gasteiger partial charge on any atom is -0.494 e. The lowest BCUT2D eigenvalue weighted by Gasteiger charge is -2.11. The summed E-state index contributed by atoms with van der Waals surface area (Å²) in [6.07, 6.45) is 1.81. The minimum atomic E-state index is -0.589. The quantitative estimate of drug-likeness (QED) is 0.780. The zero-order chi connectivity index (χ0) is 13.2. The Labute approximate surface area is 99.4 Å². The van der Waals surface area contributed by atoms with Crippen LogP contribution in [0.1, 0.15) is 39.2 Å². The third-order valence-corrected chi connectivity index (χ3v) is 2.47. The lowest BCUT2D eigenvalue weighted by molar-refractivity contribution is 0.399. The zero-order valence-corrected chi connectivity index (χ0v) is 10.6. The topological polar surface area (TPSA) is 75.1 Å². The summed E-state index contributed by atoms with van der Waals surface area (Å²) in [5, 5.41) is 9.95. The molecule has 0 aliphatic rings. The van der Waals surface area contributed by atoms with E-state index in [1.54, 1.807) is 13.8 Å². The third-order valence-electron chi connectivity index (χ3n) is 2.47. The third kappa shape index (κ3) is 2.87. The molecule has 0 fully saturated rings. The molecule has 5 heteroatoms. The monoisotopic (exact) mass is 238 g/mol. The molecule has 1 rings (SSSR count). The van der Waals surface area contributed by atoms with Crippen molar-refractivity contribution in [3.05, 3.63) is 38.1 Å². The van der Waals surface area contributed by atoms with Gasteiger partial charge in [0.1, 0.15) is 0 Å². The van der Waals surface area contributed by atoms with Crippen molar-refractivity contribution >= 4 is 0 Å². The molecule has 0 radical (unpaired) electrons. The highest BCUT2D eigenvalue weighted by molar-refractivity contribution is 5.26. The molecule has 1 aromatic rings. The molecular formula is C12H18N2O3. The number of aromatic amines is 1. The van der Waals surface area contributed by atoms with Crippen LogP contribution in [0, 0.1) is 0 Å². The number of aromatic hydroxyl groups is 1. The first-order valence-corrected chi connectivity index (χ1v) is 5.54. The summed E-state index contributed by atoms with van der Waals surface area (Å²) in [7, 11) is 0. The van der Waals surface area contributed by atoms with E-state index < -0.39 is 11.2 Å². The molecule has 94 valence electrons. The lowest BCUT2D eigenvalue weighted by atomic mass is 10.1. The Balaban J connectivity index is 3.41. The summed E-state index contributed by atoms with van der Waals surface area (Å²) in [6, 6.07) is 0. The summed E-state index contributed by atoms with van der Waals surface area (Å²) < 4.78 is 1.16. The van der Waals surface area contributed by atoms with E-state index in [4.69, 9.17) is 0 Å². The number of hydrogen-bond acceptors (Lipinski definition) is 3. The van der Waals surface area contributed by atoms with Crippen LogP contribution < -0.4 is 11.2 Å². The van der Waals surface area contributed by atoms with Crippen molar-refractivity contribution in [1.29, 1.82) is 0 Å². The molecule has 0 atom stereocenters. The molecule has 0 saturated carbocycles. The molecule has 0 bridgehead atoms. The van der Waals surface area contributed by atoms with Crippen LogP contribution in [-0.2, 0) is 6.54 Å². The van der Waals surface area contributed by atoms with E-state index in [1.165, 1.54) is 0 Å². The number of nitrogens with zero attached hydrogens (tertiary/aromatic N) is 1. The highest BCUT2D eigenvalue weighted by atomic mass is 16.3.